The van der Waals surface area contributed by atoms with Crippen LogP contribution in [0.25, 0.3) is 0 Å². The summed E-state index contributed by atoms with van der Waals surface area (Å²) >= 11 is 0. The van der Waals surface area contributed by atoms with Gasteiger partial charge < -0.3 is 5.11 Å². The normalized spacial score (nSPS) is 17.8. The van der Waals surface area contributed by atoms with E-state index in [1.54, 1.807) is 5.57 Å². The zero-order chi connectivity index (χ0) is 28.4. The van der Waals surface area contributed by atoms with Crippen molar-refractivity contribution in [2.24, 2.45) is 5.92 Å². The molecule has 1 rings (SSSR count). The molecule has 1 aliphatic carbocycles. The van der Waals surface area contributed by atoms with Gasteiger partial charge in [-0.1, -0.05) is 171 Å². The third-order valence-corrected chi connectivity index (χ3v) is 7.77. The van der Waals surface area contributed by atoms with E-state index in [0.29, 0.717) is 5.92 Å². The molecule has 0 spiro atoms. The second-order valence-corrected chi connectivity index (χ2v) is 11.5. The van der Waals surface area contributed by atoms with Crippen LogP contribution in [0.2, 0.25) is 0 Å². The van der Waals surface area contributed by atoms with Crippen LogP contribution >= 0.6 is 0 Å². The van der Waals surface area contributed by atoms with E-state index in [0.717, 1.165) is 18.4 Å². The van der Waals surface area contributed by atoms with Crippen molar-refractivity contribution in [2.45, 2.75) is 170 Å². The van der Waals surface area contributed by atoms with Crippen molar-refractivity contribution in [3.05, 3.63) is 58.7 Å². The Morgan fingerprint density at radius 1 is 0.816 bits per heavy atom. The maximum absolute atomic E-state index is 10.4. The molecule has 0 fully saturated rings. The molecule has 1 nitrogen and oxygen atoms in total. The van der Waals surface area contributed by atoms with Gasteiger partial charge >= 0.3 is 0 Å². The van der Waals surface area contributed by atoms with Crippen molar-refractivity contribution in [2.75, 3.05) is 0 Å². The zero-order valence-corrected chi connectivity index (χ0v) is 26.8. The minimum atomic E-state index is -0.320. The van der Waals surface area contributed by atoms with Crippen LogP contribution in [-0.2, 0) is 0 Å². The lowest BCUT2D eigenvalue weighted by atomic mass is 9.84. The molecule has 38 heavy (non-hydrogen) atoms. The third kappa shape index (κ3) is 20.6. The van der Waals surface area contributed by atoms with Crippen LogP contribution in [0.4, 0.5) is 0 Å². The standard InChI is InChI=1S/C35H60O.C2H6/c1-6-7-8-9-10-11-12-13-14-15-16-17-18-19-26-34(36)29-31(3)23-20-22-30(2)27-28-35-32(4)24-21-25-33(35)5;1-2/h20,22-23,27-29,32,34,36H,6-19,21,24-26H2,1-5H3;1-2H3/b23-20+,28-27+,30-22+,31-29+;. The van der Waals surface area contributed by atoms with Gasteiger partial charge in [-0.2, -0.15) is 0 Å². The molecule has 0 amide bonds. The number of rotatable bonds is 20. The molecule has 0 aliphatic heterocycles. The second-order valence-electron chi connectivity index (χ2n) is 11.5. The number of hydrogen-bond donors (Lipinski definition) is 1. The highest BCUT2D eigenvalue weighted by Crippen LogP contribution is 2.30. The van der Waals surface area contributed by atoms with E-state index < -0.39 is 0 Å². The predicted molar refractivity (Wildman–Crippen MR) is 174 cm³/mol. The molecule has 220 valence electrons. The maximum atomic E-state index is 10.4. The van der Waals surface area contributed by atoms with Gasteiger partial charge in [-0.25, -0.2) is 0 Å². The second kappa shape index (κ2) is 25.9. The van der Waals surface area contributed by atoms with E-state index in [1.807, 2.05) is 19.9 Å². The minimum absolute atomic E-state index is 0.320. The van der Waals surface area contributed by atoms with Gasteiger partial charge in [0.1, 0.15) is 0 Å². The predicted octanol–water partition coefficient (Wildman–Crippen LogP) is 12.4. The summed E-state index contributed by atoms with van der Waals surface area (Å²) < 4.78 is 0. The zero-order valence-electron chi connectivity index (χ0n) is 26.8. The molecule has 2 atom stereocenters. The van der Waals surface area contributed by atoms with Crippen molar-refractivity contribution in [1.29, 1.82) is 0 Å². The Morgan fingerprint density at radius 2 is 1.34 bits per heavy atom. The first kappa shape index (κ1) is 36.7. The molecule has 0 saturated heterocycles. The first-order valence-electron chi connectivity index (χ1n) is 16.5. The molecule has 1 heteroatoms. The Balaban J connectivity index is 0.00000667. The smallest absolute Gasteiger partial charge is 0.0726 e. The Hall–Kier alpha value is -1.34. The Morgan fingerprint density at radius 3 is 1.87 bits per heavy atom. The van der Waals surface area contributed by atoms with Gasteiger partial charge in [-0.05, 0) is 57.9 Å². The fourth-order valence-electron chi connectivity index (χ4n) is 5.32. The summed E-state index contributed by atoms with van der Waals surface area (Å²) in [5.41, 5.74) is 5.49. The van der Waals surface area contributed by atoms with Crippen molar-refractivity contribution < 1.29 is 5.11 Å². The van der Waals surface area contributed by atoms with Gasteiger partial charge in [0.05, 0.1) is 6.10 Å². The fraction of sp³-hybridized carbons (Fsp3) is 0.730. The molecular weight excluding hydrogens is 460 g/mol. The van der Waals surface area contributed by atoms with Crippen LogP contribution in [0.1, 0.15) is 164 Å². The van der Waals surface area contributed by atoms with Crippen LogP contribution < -0.4 is 0 Å². The van der Waals surface area contributed by atoms with Gasteiger partial charge in [-0.3, -0.25) is 0 Å². The summed E-state index contributed by atoms with van der Waals surface area (Å²) in [5, 5.41) is 10.4. The van der Waals surface area contributed by atoms with Gasteiger partial charge in [0.2, 0.25) is 0 Å². The third-order valence-electron chi connectivity index (χ3n) is 7.77. The molecule has 0 heterocycles. The van der Waals surface area contributed by atoms with E-state index in [2.05, 4.69) is 65.0 Å². The SMILES string of the molecule is CC.CCCCCCCCCCCCCCCCC(O)/C=C(C)/C=C/C=C(C)/C=C/C1=C(C)CCCC1C. The summed E-state index contributed by atoms with van der Waals surface area (Å²) in [6.07, 6.45) is 36.6. The number of allylic oxidation sites excluding steroid dienone is 9. The van der Waals surface area contributed by atoms with Gasteiger partial charge in [0.25, 0.3) is 0 Å². The highest BCUT2D eigenvalue weighted by molar-refractivity contribution is 5.34. The topological polar surface area (TPSA) is 20.2 Å². The lowest BCUT2D eigenvalue weighted by molar-refractivity contribution is 0.207. The minimum Gasteiger partial charge on any atom is -0.389 e. The number of unbranched alkanes of at least 4 members (excludes halogenated alkanes) is 13. The van der Waals surface area contributed by atoms with E-state index >= 15 is 0 Å². The van der Waals surface area contributed by atoms with E-state index in [9.17, 15) is 5.11 Å². The molecule has 0 saturated carbocycles. The van der Waals surface area contributed by atoms with Crippen molar-refractivity contribution in [1.82, 2.24) is 0 Å². The van der Waals surface area contributed by atoms with Crippen LogP contribution in [-0.4, -0.2) is 11.2 Å². The molecule has 1 N–H and O–H groups in total. The van der Waals surface area contributed by atoms with Crippen molar-refractivity contribution in [3.8, 4) is 0 Å². The van der Waals surface area contributed by atoms with Gasteiger partial charge in [0.15, 0.2) is 0 Å². The molecule has 0 bridgehead atoms. The van der Waals surface area contributed by atoms with Crippen LogP contribution in [0.3, 0.4) is 0 Å². The quantitative estimate of drug-likeness (QED) is 0.123. The van der Waals surface area contributed by atoms with Crippen LogP contribution in [0.5, 0.6) is 0 Å². The Labute approximate surface area is 239 Å². The highest BCUT2D eigenvalue weighted by Gasteiger charge is 2.14. The average molecular weight is 527 g/mol. The first-order valence-corrected chi connectivity index (χ1v) is 16.5. The largest absolute Gasteiger partial charge is 0.389 e. The Bertz CT molecular complexity index is 702. The summed E-state index contributed by atoms with van der Waals surface area (Å²) in [6.45, 7) is 15.2. The van der Waals surface area contributed by atoms with Gasteiger partial charge in [0, 0.05) is 0 Å². The summed E-state index contributed by atoms with van der Waals surface area (Å²) in [6, 6.07) is 0. The average Bonchev–Trinajstić information content (AvgIpc) is 2.89. The number of aliphatic hydroxyl groups is 1. The lowest BCUT2D eigenvalue weighted by Gasteiger charge is -2.22. The summed E-state index contributed by atoms with van der Waals surface area (Å²) in [7, 11) is 0. The van der Waals surface area contributed by atoms with Crippen molar-refractivity contribution >= 4 is 0 Å². The first-order chi connectivity index (χ1) is 18.4. The molecule has 0 aromatic carbocycles. The number of hydrogen-bond acceptors (Lipinski definition) is 1. The van der Waals surface area contributed by atoms with E-state index in [4.69, 9.17) is 0 Å². The van der Waals surface area contributed by atoms with Crippen LogP contribution in [0, 0.1) is 5.92 Å². The monoisotopic (exact) mass is 527 g/mol. The number of aliphatic hydroxyl groups excluding tert-OH is 1. The molecule has 0 radical (unpaired) electrons. The van der Waals surface area contributed by atoms with Crippen molar-refractivity contribution in [3.63, 3.8) is 0 Å². The molecule has 0 aromatic heterocycles. The summed E-state index contributed by atoms with van der Waals surface area (Å²) in [5.74, 6) is 0.685. The van der Waals surface area contributed by atoms with Gasteiger partial charge in [-0.15, -0.1) is 0 Å². The highest BCUT2D eigenvalue weighted by atomic mass is 16.3. The Kier molecular flexibility index (Phi) is 25.0. The summed E-state index contributed by atoms with van der Waals surface area (Å²) in [4.78, 5) is 0. The van der Waals surface area contributed by atoms with E-state index in [1.165, 1.54) is 114 Å². The molecule has 0 aromatic rings. The lowest BCUT2D eigenvalue weighted by Crippen LogP contribution is -2.06. The maximum Gasteiger partial charge on any atom is 0.0726 e. The molecule has 2 unspecified atom stereocenters. The molecular formula is C37H66O. The van der Waals surface area contributed by atoms with Crippen LogP contribution in [0.15, 0.2) is 58.7 Å². The fourth-order valence-corrected chi connectivity index (χ4v) is 5.32. The van der Waals surface area contributed by atoms with E-state index in [-0.39, 0.29) is 6.10 Å². The molecule has 1 aliphatic rings.